The van der Waals surface area contributed by atoms with Crippen molar-refractivity contribution in [3.8, 4) is 0 Å². The van der Waals surface area contributed by atoms with Gasteiger partial charge in [-0.25, -0.2) is 9.18 Å². The molecule has 4 N–H and O–H groups in total. The number of urea groups is 1. The number of anilines is 2. The number of carbonyl (C=O) groups is 2. The zero-order valence-corrected chi connectivity index (χ0v) is 17.8. The molecule has 0 spiro atoms. The third-order valence-corrected chi connectivity index (χ3v) is 4.29. The Morgan fingerprint density at radius 3 is 2.19 bits per heavy atom. The van der Waals surface area contributed by atoms with Crippen LogP contribution in [0.25, 0.3) is 0 Å². The van der Waals surface area contributed by atoms with Gasteiger partial charge in [0.2, 0.25) is 5.91 Å². The third-order valence-electron chi connectivity index (χ3n) is 4.29. The Morgan fingerprint density at radius 1 is 1.03 bits per heavy atom. The Bertz CT molecular complexity index is 824. The monoisotopic (exact) mass is 432 g/mol. The predicted molar refractivity (Wildman–Crippen MR) is 117 cm³/mol. The zero-order valence-electron chi connectivity index (χ0n) is 17.8. The van der Waals surface area contributed by atoms with Gasteiger partial charge in [0.15, 0.2) is 6.29 Å². The first-order valence-corrected chi connectivity index (χ1v) is 10.1. The van der Waals surface area contributed by atoms with Gasteiger partial charge in [-0.15, -0.1) is 0 Å². The number of rotatable bonds is 11. The fourth-order valence-corrected chi connectivity index (χ4v) is 2.78. The van der Waals surface area contributed by atoms with Crippen LogP contribution in [0.1, 0.15) is 19.4 Å². The average molecular weight is 432 g/mol. The fourth-order valence-electron chi connectivity index (χ4n) is 2.78. The molecule has 0 saturated heterocycles. The van der Waals surface area contributed by atoms with Crippen molar-refractivity contribution in [2.45, 2.75) is 26.7 Å². The number of ether oxygens (including phenoxy) is 2. The highest BCUT2D eigenvalue weighted by atomic mass is 19.1. The summed E-state index contributed by atoms with van der Waals surface area (Å²) in [6.45, 7) is 4.78. The van der Waals surface area contributed by atoms with Crippen LogP contribution in [-0.4, -0.2) is 44.5 Å². The maximum Gasteiger partial charge on any atom is 0.322 e. The molecule has 0 aromatic heterocycles. The van der Waals surface area contributed by atoms with Crippen LogP contribution >= 0.6 is 0 Å². The van der Waals surface area contributed by atoms with E-state index in [0.717, 1.165) is 5.56 Å². The van der Waals surface area contributed by atoms with Gasteiger partial charge in [-0.1, -0.05) is 12.1 Å². The van der Waals surface area contributed by atoms with E-state index >= 15 is 0 Å². The number of hydrogen-bond donors (Lipinski definition) is 3. The number of nitrogens with zero attached hydrogens (tertiary/aromatic N) is 1. The van der Waals surface area contributed by atoms with Crippen molar-refractivity contribution in [1.29, 1.82) is 0 Å². The quantitative estimate of drug-likeness (QED) is 0.474. The Hall–Kier alpha value is -3.01. The van der Waals surface area contributed by atoms with E-state index in [9.17, 15) is 14.0 Å². The van der Waals surface area contributed by atoms with Crippen molar-refractivity contribution in [3.05, 3.63) is 59.9 Å². The number of amides is 3. The van der Waals surface area contributed by atoms with Crippen LogP contribution in [0.5, 0.6) is 0 Å². The van der Waals surface area contributed by atoms with Gasteiger partial charge < -0.3 is 25.8 Å². The van der Waals surface area contributed by atoms with E-state index in [1.54, 1.807) is 12.1 Å². The highest BCUT2D eigenvalue weighted by molar-refractivity contribution is 5.98. The molecule has 8 nitrogen and oxygen atoms in total. The first-order valence-electron chi connectivity index (χ1n) is 10.1. The topological polar surface area (TPSA) is 106 Å². The Labute approximate surface area is 181 Å². The summed E-state index contributed by atoms with van der Waals surface area (Å²) in [5.74, 6) is -0.842. The molecule has 0 unspecified atom stereocenters. The summed E-state index contributed by atoms with van der Waals surface area (Å²) in [5.41, 5.74) is 7.62. The molecule has 168 valence electrons. The summed E-state index contributed by atoms with van der Waals surface area (Å²) in [5, 5.41) is 5.19. The van der Waals surface area contributed by atoms with Crippen LogP contribution in [0.4, 0.5) is 20.6 Å². The highest BCUT2D eigenvalue weighted by Gasteiger charge is 2.22. The molecule has 2 rings (SSSR count). The van der Waals surface area contributed by atoms with E-state index in [0.29, 0.717) is 31.1 Å². The molecular formula is C22H29FN4O4. The number of halogens is 1. The summed E-state index contributed by atoms with van der Waals surface area (Å²) in [4.78, 5) is 26.5. The molecule has 0 saturated carbocycles. The van der Waals surface area contributed by atoms with Crippen molar-refractivity contribution < 1.29 is 23.5 Å². The van der Waals surface area contributed by atoms with Gasteiger partial charge in [0, 0.05) is 31.1 Å². The Morgan fingerprint density at radius 2 is 1.65 bits per heavy atom. The highest BCUT2D eigenvalue weighted by Crippen LogP contribution is 2.17. The summed E-state index contributed by atoms with van der Waals surface area (Å²) in [6.07, 6.45) is -0.622. The van der Waals surface area contributed by atoms with Crippen molar-refractivity contribution in [3.63, 3.8) is 0 Å². The lowest BCUT2D eigenvalue weighted by Gasteiger charge is -2.27. The molecule has 0 fully saturated rings. The van der Waals surface area contributed by atoms with Gasteiger partial charge in [-0.3, -0.25) is 9.69 Å². The minimum Gasteiger partial charge on any atom is -0.351 e. The van der Waals surface area contributed by atoms with Gasteiger partial charge in [0.05, 0.1) is 13.1 Å². The van der Waals surface area contributed by atoms with Crippen LogP contribution in [0.15, 0.2) is 48.5 Å². The van der Waals surface area contributed by atoms with Crippen LogP contribution in [0, 0.1) is 5.82 Å². The SMILES string of the molecule is CCOC(CN(C(=O)NCC(=O)Nc1ccc(F)cc1)c1ccc(CN)cc1)OCC. The minimum absolute atomic E-state index is 0.134. The number of benzene rings is 2. The number of carbonyl (C=O) groups excluding carboxylic acids is 2. The summed E-state index contributed by atoms with van der Waals surface area (Å²) < 4.78 is 24.1. The smallest absolute Gasteiger partial charge is 0.322 e. The zero-order chi connectivity index (χ0) is 22.6. The van der Waals surface area contributed by atoms with Gasteiger partial charge in [-0.05, 0) is 55.8 Å². The van der Waals surface area contributed by atoms with E-state index < -0.39 is 24.0 Å². The van der Waals surface area contributed by atoms with Gasteiger partial charge in [0.1, 0.15) is 5.82 Å². The van der Waals surface area contributed by atoms with E-state index in [-0.39, 0.29) is 13.1 Å². The lowest BCUT2D eigenvalue weighted by atomic mass is 10.2. The molecule has 0 aliphatic heterocycles. The molecule has 0 aliphatic carbocycles. The standard InChI is InChI=1S/C22H29FN4O4/c1-3-30-21(31-4-2)15-27(19-11-5-16(13-24)6-12-19)22(29)25-14-20(28)26-18-9-7-17(23)8-10-18/h5-12,21H,3-4,13-15,24H2,1-2H3,(H,25,29)(H,26,28). The predicted octanol–water partition coefficient (Wildman–Crippen LogP) is 2.84. The van der Waals surface area contributed by atoms with Crippen molar-refractivity contribution in [1.82, 2.24) is 5.32 Å². The van der Waals surface area contributed by atoms with Gasteiger partial charge in [-0.2, -0.15) is 0 Å². The van der Waals surface area contributed by atoms with Crippen molar-refractivity contribution in [2.24, 2.45) is 5.73 Å². The summed E-state index contributed by atoms with van der Waals surface area (Å²) in [6, 6.07) is 12.1. The molecular weight excluding hydrogens is 403 g/mol. The van der Waals surface area contributed by atoms with Gasteiger partial charge in [0.25, 0.3) is 0 Å². The van der Waals surface area contributed by atoms with E-state index in [2.05, 4.69) is 10.6 Å². The third kappa shape index (κ3) is 7.97. The summed E-state index contributed by atoms with van der Waals surface area (Å²) >= 11 is 0. The van der Waals surface area contributed by atoms with Crippen molar-refractivity contribution >= 4 is 23.3 Å². The number of nitrogens with one attached hydrogen (secondary N) is 2. The molecule has 2 aromatic carbocycles. The van der Waals surface area contributed by atoms with Gasteiger partial charge >= 0.3 is 6.03 Å². The molecule has 3 amide bonds. The molecule has 31 heavy (non-hydrogen) atoms. The minimum atomic E-state index is -0.622. The van der Waals surface area contributed by atoms with E-state index in [4.69, 9.17) is 15.2 Å². The van der Waals surface area contributed by atoms with E-state index in [1.807, 2.05) is 26.0 Å². The maximum atomic E-state index is 13.0. The summed E-state index contributed by atoms with van der Waals surface area (Å²) in [7, 11) is 0. The molecule has 0 aliphatic rings. The fraction of sp³-hybridized carbons (Fsp3) is 0.364. The van der Waals surface area contributed by atoms with Crippen LogP contribution in [0.3, 0.4) is 0 Å². The normalized spacial score (nSPS) is 10.7. The van der Waals surface area contributed by atoms with Crippen LogP contribution < -0.4 is 21.3 Å². The number of hydrogen-bond acceptors (Lipinski definition) is 5. The molecule has 0 atom stereocenters. The second-order valence-corrected chi connectivity index (χ2v) is 6.54. The molecule has 2 aromatic rings. The lowest BCUT2D eigenvalue weighted by Crippen LogP contribution is -2.47. The first-order chi connectivity index (χ1) is 15.0. The maximum absolute atomic E-state index is 13.0. The lowest BCUT2D eigenvalue weighted by molar-refractivity contribution is -0.128. The second kappa shape index (κ2) is 12.6. The average Bonchev–Trinajstić information content (AvgIpc) is 2.78. The molecule has 9 heteroatoms. The molecule has 0 bridgehead atoms. The Balaban J connectivity index is 2.06. The Kier molecular flexibility index (Phi) is 9.89. The molecule has 0 radical (unpaired) electrons. The molecule has 0 heterocycles. The second-order valence-electron chi connectivity index (χ2n) is 6.54. The van der Waals surface area contributed by atoms with Crippen molar-refractivity contribution in [2.75, 3.05) is 36.5 Å². The van der Waals surface area contributed by atoms with Crippen LogP contribution in [-0.2, 0) is 20.8 Å². The number of nitrogens with two attached hydrogens (primary N) is 1. The van der Waals surface area contributed by atoms with Crippen LogP contribution in [0.2, 0.25) is 0 Å². The largest absolute Gasteiger partial charge is 0.351 e. The van der Waals surface area contributed by atoms with E-state index in [1.165, 1.54) is 29.2 Å². The first kappa shape index (κ1) is 24.3.